The number of aromatic nitrogens is 1. The van der Waals surface area contributed by atoms with E-state index in [0.29, 0.717) is 5.56 Å². The Balaban J connectivity index is 2.38. The first-order valence-electron chi connectivity index (χ1n) is 7.85. The lowest BCUT2D eigenvalue weighted by Crippen LogP contribution is -2.32. The largest absolute Gasteiger partial charge is 0.497 e. The van der Waals surface area contributed by atoms with Gasteiger partial charge in [-0.3, -0.25) is 9.78 Å². The molecule has 1 heterocycles. The number of amides is 1. The number of rotatable bonds is 6. The van der Waals surface area contributed by atoms with Crippen LogP contribution in [0.3, 0.4) is 0 Å². The van der Waals surface area contributed by atoms with E-state index in [-0.39, 0.29) is 5.91 Å². The number of unbranched alkanes of at least 4 members (excludes halogenated alkanes) is 1. The van der Waals surface area contributed by atoms with Gasteiger partial charge in [0.05, 0.1) is 23.9 Å². The Morgan fingerprint density at radius 2 is 2.05 bits per heavy atom. The van der Waals surface area contributed by atoms with Crippen LogP contribution in [0.4, 0.5) is 0 Å². The third kappa shape index (κ3) is 3.38. The summed E-state index contributed by atoms with van der Waals surface area (Å²) in [4.78, 5) is 19.2. The van der Waals surface area contributed by atoms with Crippen LogP contribution < -0.4 is 4.74 Å². The van der Waals surface area contributed by atoms with Crippen LogP contribution in [-0.4, -0.2) is 36.0 Å². The van der Waals surface area contributed by atoms with Crippen molar-refractivity contribution < 1.29 is 9.53 Å². The highest BCUT2D eigenvalue weighted by Crippen LogP contribution is 2.22. The molecule has 0 aliphatic rings. The molecule has 4 heteroatoms. The predicted molar refractivity (Wildman–Crippen MR) is 89.5 cm³/mol. The minimum atomic E-state index is 0.0682. The summed E-state index contributed by atoms with van der Waals surface area (Å²) in [6.07, 6.45) is 2.11. The second-order valence-electron chi connectivity index (χ2n) is 5.42. The van der Waals surface area contributed by atoms with Crippen molar-refractivity contribution >= 4 is 16.8 Å². The number of benzene rings is 1. The number of methoxy groups -OCH3 is 1. The van der Waals surface area contributed by atoms with Gasteiger partial charge in [0, 0.05) is 24.5 Å². The molecule has 0 atom stereocenters. The van der Waals surface area contributed by atoms with Crippen molar-refractivity contribution in [3.63, 3.8) is 0 Å². The average molecular weight is 300 g/mol. The van der Waals surface area contributed by atoms with E-state index in [9.17, 15) is 4.79 Å². The van der Waals surface area contributed by atoms with Crippen molar-refractivity contribution in [1.82, 2.24) is 9.88 Å². The third-order valence-electron chi connectivity index (χ3n) is 3.90. The molecule has 1 aromatic carbocycles. The molecule has 2 aromatic rings. The zero-order chi connectivity index (χ0) is 16.1. The van der Waals surface area contributed by atoms with Crippen molar-refractivity contribution in [2.45, 2.75) is 33.6 Å². The lowest BCUT2D eigenvalue weighted by atomic mass is 10.1. The molecular weight excluding hydrogens is 276 g/mol. The zero-order valence-electron chi connectivity index (χ0n) is 13.8. The van der Waals surface area contributed by atoms with Crippen LogP contribution in [0.5, 0.6) is 5.75 Å². The molecule has 0 unspecified atom stereocenters. The number of pyridine rings is 1. The van der Waals surface area contributed by atoms with Crippen LogP contribution in [0.15, 0.2) is 24.3 Å². The average Bonchev–Trinajstić information content (AvgIpc) is 2.54. The van der Waals surface area contributed by atoms with Crippen LogP contribution in [0.1, 0.15) is 42.7 Å². The van der Waals surface area contributed by atoms with Crippen molar-refractivity contribution in [2.24, 2.45) is 0 Å². The molecule has 118 valence electrons. The number of hydrogen-bond acceptors (Lipinski definition) is 3. The molecule has 0 bridgehead atoms. The van der Waals surface area contributed by atoms with Crippen LogP contribution in [0, 0.1) is 6.92 Å². The lowest BCUT2D eigenvalue weighted by Gasteiger charge is -2.21. The van der Waals surface area contributed by atoms with Gasteiger partial charge in [-0.15, -0.1) is 0 Å². The maximum Gasteiger partial charge on any atom is 0.255 e. The molecule has 0 spiro atoms. The van der Waals surface area contributed by atoms with E-state index in [0.717, 1.165) is 48.3 Å². The Kier molecular flexibility index (Phi) is 5.36. The quantitative estimate of drug-likeness (QED) is 0.814. The molecule has 0 fully saturated rings. The summed E-state index contributed by atoms with van der Waals surface area (Å²) in [7, 11) is 1.64. The molecule has 1 aromatic heterocycles. The van der Waals surface area contributed by atoms with Crippen LogP contribution in [0.2, 0.25) is 0 Å². The fourth-order valence-corrected chi connectivity index (χ4v) is 2.51. The Bertz CT molecular complexity index is 667. The van der Waals surface area contributed by atoms with E-state index < -0.39 is 0 Å². The SMILES string of the molecule is CCCCN(CC)C(=O)c1cc2ccc(OC)cc2nc1C. The van der Waals surface area contributed by atoms with Crippen LogP contribution >= 0.6 is 0 Å². The molecule has 0 N–H and O–H groups in total. The van der Waals surface area contributed by atoms with Crippen molar-refractivity contribution in [3.8, 4) is 5.75 Å². The van der Waals surface area contributed by atoms with Gasteiger partial charge in [0.15, 0.2) is 0 Å². The molecule has 0 aliphatic carbocycles. The number of aryl methyl sites for hydroxylation is 1. The van der Waals surface area contributed by atoms with Crippen molar-refractivity contribution in [1.29, 1.82) is 0 Å². The molecule has 0 radical (unpaired) electrons. The summed E-state index contributed by atoms with van der Waals surface area (Å²) in [5.74, 6) is 0.843. The summed E-state index contributed by atoms with van der Waals surface area (Å²) in [6.45, 7) is 7.56. The van der Waals surface area contributed by atoms with E-state index >= 15 is 0 Å². The van der Waals surface area contributed by atoms with Gasteiger partial charge in [-0.1, -0.05) is 13.3 Å². The van der Waals surface area contributed by atoms with Gasteiger partial charge in [-0.25, -0.2) is 0 Å². The minimum Gasteiger partial charge on any atom is -0.497 e. The van der Waals surface area contributed by atoms with Gasteiger partial charge in [0.25, 0.3) is 5.91 Å². The summed E-state index contributed by atoms with van der Waals surface area (Å²) >= 11 is 0. The number of carbonyl (C=O) groups excluding carboxylic acids is 1. The summed E-state index contributed by atoms with van der Waals surface area (Å²) in [5, 5.41) is 0.960. The van der Waals surface area contributed by atoms with E-state index in [1.807, 2.05) is 43.0 Å². The predicted octanol–water partition coefficient (Wildman–Crippen LogP) is 3.81. The van der Waals surface area contributed by atoms with Gasteiger partial charge in [-0.05, 0) is 38.5 Å². The molecule has 22 heavy (non-hydrogen) atoms. The topological polar surface area (TPSA) is 42.4 Å². The fraction of sp³-hybridized carbons (Fsp3) is 0.444. The highest BCUT2D eigenvalue weighted by atomic mass is 16.5. The maximum absolute atomic E-state index is 12.7. The molecule has 0 saturated heterocycles. The minimum absolute atomic E-state index is 0.0682. The van der Waals surface area contributed by atoms with Crippen LogP contribution in [-0.2, 0) is 0 Å². The van der Waals surface area contributed by atoms with E-state index in [1.165, 1.54) is 0 Å². The first kappa shape index (κ1) is 16.3. The molecule has 1 amide bonds. The number of fused-ring (bicyclic) bond motifs is 1. The maximum atomic E-state index is 12.7. The first-order valence-corrected chi connectivity index (χ1v) is 7.85. The lowest BCUT2D eigenvalue weighted by molar-refractivity contribution is 0.0761. The second-order valence-corrected chi connectivity index (χ2v) is 5.42. The standard InChI is InChI=1S/C18H24N2O2/c1-5-7-10-20(6-2)18(21)16-11-14-8-9-15(22-4)12-17(14)19-13(16)3/h8-9,11-12H,5-7,10H2,1-4H3. The Hall–Kier alpha value is -2.10. The molecule has 2 rings (SSSR count). The molecule has 0 saturated carbocycles. The second kappa shape index (κ2) is 7.25. The van der Waals surface area contributed by atoms with Gasteiger partial charge >= 0.3 is 0 Å². The number of hydrogen-bond donors (Lipinski definition) is 0. The Labute approximate surface area is 132 Å². The fourth-order valence-electron chi connectivity index (χ4n) is 2.51. The van der Waals surface area contributed by atoms with Gasteiger partial charge < -0.3 is 9.64 Å². The Morgan fingerprint density at radius 3 is 2.68 bits per heavy atom. The first-order chi connectivity index (χ1) is 10.6. The van der Waals surface area contributed by atoms with Crippen molar-refractivity contribution in [2.75, 3.05) is 20.2 Å². The smallest absolute Gasteiger partial charge is 0.255 e. The highest BCUT2D eigenvalue weighted by molar-refractivity contribution is 5.98. The molecular formula is C18H24N2O2. The normalized spacial score (nSPS) is 10.7. The number of carbonyl (C=O) groups is 1. The summed E-state index contributed by atoms with van der Waals surface area (Å²) in [6, 6.07) is 7.67. The van der Waals surface area contributed by atoms with Gasteiger partial charge in [0.2, 0.25) is 0 Å². The highest BCUT2D eigenvalue weighted by Gasteiger charge is 2.17. The number of nitrogens with zero attached hydrogens (tertiary/aromatic N) is 2. The monoisotopic (exact) mass is 300 g/mol. The molecule has 4 nitrogen and oxygen atoms in total. The van der Waals surface area contributed by atoms with Gasteiger partial charge in [0.1, 0.15) is 5.75 Å². The van der Waals surface area contributed by atoms with E-state index in [1.54, 1.807) is 7.11 Å². The summed E-state index contributed by atoms with van der Waals surface area (Å²) < 4.78 is 5.22. The van der Waals surface area contributed by atoms with Gasteiger partial charge in [-0.2, -0.15) is 0 Å². The van der Waals surface area contributed by atoms with E-state index in [4.69, 9.17) is 4.74 Å². The number of ether oxygens (including phenoxy) is 1. The molecule has 0 aliphatic heterocycles. The van der Waals surface area contributed by atoms with E-state index in [2.05, 4.69) is 11.9 Å². The van der Waals surface area contributed by atoms with Crippen LogP contribution in [0.25, 0.3) is 10.9 Å². The van der Waals surface area contributed by atoms with Crippen molar-refractivity contribution in [3.05, 3.63) is 35.5 Å². The Morgan fingerprint density at radius 1 is 1.27 bits per heavy atom. The third-order valence-corrected chi connectivity index (χ3v) is 3.90. The zero-order valence-corrected chi connectivity index (χ0v) is 13.8. The summed E-state index contributed by atoms with van der Waals surface area (Å²) in [5.41, 5.74) is 2.31.